The van der Waals surface area contributed by atoms with Crippen LogP contribution in [0.2, 0.25) is 10.0 Å². The lowest BCUT2D eigenvalue weighted by atomic mass is 10.0. The number of nitrogens with one attached hydrogen (secondary N) is 1. The molecular weight excluding hydrogens is 545 g/mol. The molecule has 0 fully saturated rings. The van der Waals surface area contributed by atoms with Crippen LogP contribution in [-0.2, 0) is 32.6 Å². The number of hydrogen-bond acceptors (Lipinski definition) is 4. The second kappa shape index (κ2) is 13.8. The zero-order valence-corrected chi connectivity index (χ0v) is 23.6. The predicted molar refractivity (Wildman–Crippen MR) is 151 cm³/mol. The minimum absolute atomic E-state index is 0.0438. The van der Waals surface area contributed by atoms with Gasteiger partial charge < -0.3 is 10.2 Å². The molecule has 10 heteroatoms. The average Bonchev–Trinajstić information content (AvgIpc) is 2.92. The van der Waals surface area contributed by atoms with Crippen LogP contribution in [0.3, 0.4) is 0 Å². The molecule has 3 aromatic rings. The minimum Gasteiger partial charge on any atom is -0.357 e. The summed E-state index contributed by atoms with van der Waals surface area (Å²) in [7, 11) is -0.659. The van der Waals surface area contributed by atoms with Crippen molar-refractivity contribution in [2.45, 2.75) is 36.7 Å². The highest BCUT2D eigenvalue weighted by molar-refractivity contribution is 7.89. The van der Waals surface area contributed by atoms with Gasteiger partial charge in [0.1, 0.15) is 6.04 Å². The van der Waals surface area contributed by atoms with Crippen LogP contribution in [0.1, 0.15) is 24.0 Å². The molecule has 1 N–H and O–H groups in total. The number of carbonyl (C=O) groups is 2. The van der Waals surface area contributed by atoms with Crippen LogP contribution in [-0.4, -0.2) is 56.1 Å². The van der Waals surface area contributed by atoms with Gasteiger partial charge in [-0.15, -0.1) is 0 Å². The third kappa shape index (κ3) is 7.80. The van der Waals surface area contributed by atoms with Gasteiger partial charge in [0.25, 0.3) is 0 Å². The predicted octanol–water partition coefficient (Wildman–Crippen LogP) is 4.78. The van der Waals surface area contributed by atoms with E-state index in [2.05, 4.69) is 5.32 Å². The molecule has 0 aromatic heterocycles. The Kier molecular flexibility index (Phi) is 10.7. The molecule has 2 amide bonds. The molecule has 3 aromatic carbocycles. The van der Waals surface area contributed by atoms with Crippen molar-refractivity contribution in [3.8, 4) is 0 Å². The highest BCUT2D eigenvalue weighted by Crippen LogP contribution is 2.25. The number of sulfonamides is 1. The number of likely N-dealkylation sites (N-methyl/N-ethyl adjacent to an activating group) is 1. The quantitative estimate of drug-likeness (QED) is 0.336. The summed E-state index contributed by atoms with van der Waals surface area (Å²) in [6.45, 7) is 0.236. The fourth-order valence-electron chi connectivity index (χ4n) is 4.04. The summed E-state index contributed by atoms with van der Waals surface area (Å²) >= 11 is 12.5. The van der Waals surface area contributed by atoms with Gasteiger partial charge in [0.05, 0.1) is 4.90 Å². The lowest BCUT2D eigenvalue weighted by Crippen LogP contribution is -2.49. The first-order valence-corrected chi connectivity index (χ1v) is 14.3. The topological polar surface area (TPSA) is 86.8 Å². The monoisotopic (exact) mass is 575 g/mol. The van der Waals surface area contributed by atoms with Crippen molar-refractivity contribution >= 4 is 45.0 Å². The van der Waals surface area contributed by atoms with E-state index in [0.717, 1.165) is 5.56 Å². The SMILES string of the molecule is CNC(=O)C(Cc1ccccc1)N(Cc1ccc(Cl)cc1Cl)C(=O)CCCN(C)S(=O)(=O)c1ccccc1. The number of halogens is 2. The zero-order chi connectivity index (χ0) is 27.7. The molecule has 0 aliphatic heterocycles. The van der Waals surface area contributed by atoms with Gasteiger partial charge in [-0.05, 0) is 41.8 Å². The van der Waals surface area contributed by atoms with Gasteiger partial charge in [0.2, 0.25) is 21.8 Å². The van der Waals surface area contributed by atoms with Crippen LogP contribution in [0.4, 0.5) is 0 Å². The van der Waals surface area contributed by atoms with E-state index in [1.807, 2.05) is 30.3 Å². The van der Waals surface area contributed by atoms with E-state index in [-0.39, 0.29) is 42.6 Å². The molecule has 202 valence electrons. The summed E-state index contributed by atoms with van der Waals surface area (Å²) in [5, 5.41) is 3.52. The number of amides is 2. The normalized spacial score (nSPS) is 12.2. The van der Waals surface area contributed by atoms with E-state index in [0.29, 0.717) is 22.0 Å². The molecule has 38 heavy (non-hydrogen) atoms. The fraction of sp³-hybridized carbons (Fsp3) is 0.286. The Labute approximate surface area is 234 Å². The van der Waals surface area contributed by atoms with E-state index in [4.69, 9.17) is 23.2 Å². The Morgan fingerprint density at radius 3 is 2.18 bits per heavy atom. The van der Waals surface area contributed by atoms with Gasteiger partial charge in [-0.3, -0.25) is 9.59 Å². The summed E-state index contributed by atoms with van der Waals surface area (Å²) in [6.07, 6.45) is 0.625. The summed E-state index contributed by atoms with van der Waals surface area (Å²) in [5.74, 6) is -0.595. The maximum atomic E-state index is 13.6. The Bertz CT molecular complexity index is 1340. The molecule has 0 bridgehead atoms. The molecule has 0 aliphatic carbocycles. The van der Waals surface area contributed by atoms with E-state index in [9.17, 15) is 18.0 Å². The van der Waals surface area contributed by atoms with Crippen molar-refractivity contribution in [1.29, 1.82) is 0 Å². The van der Waals surface area contributed by atoms with Crippen LogP contribution >= 0.6 is 23.2 Å². The number of hydrogen-bond donors (Lipinski definition) is 1. The molecule has 1 atom stereocenters. The molecule has 1 unspecified atom stereocenters. The summed E-state index contributed by atoms with van der Waals surface area (Å²) in [6, 6.07) is 21.8. The Morgan fingerprint density at radius 1 is 0.947 bits per heavy atom. The molecule has 0 saturated carbocycles. The Morgan fingerprint density at radius 2 is 1.58 bits per heavy atom. The van der Waals surface area contributed by atoms with E-state index < -0.39 is 16.1 Å². The van der Waals surface area contributed by atoms with Gasteiger partial charge in [-0.1, -0.05) is 77.8 Å². The van der Waals surface area contributed by atoms with Crippen LogP contribution < -0.4 is 5.32 Å². The van der Waals surface area contributed by atoms with Crippen molar-refractivity contribution in [2.75, 3.05) is 20.6 Å². The fourth-order valence-corrected chi connectivity index (χ4v) is 5.74. The molecule has 0 aliphatic rings. The van der Waals surface area contributed by atoms with Crippen molar-refractivity contribution in [1.82, 2.24) is 14.5 Å². The third-order valence-electron chi connectivity index (χ3n) is 6.19. The summed E-state index contributed by atoms with van der Waals surface area (Å²) in [4.78, 5) is 28.3. The molecular formula is C28H31Cl2N3O4S. The third-order valence-corrected chi connectivity index (χ3v) is 8.65. The van der Waals surface area contributed by atoms with Gasteiger partial charge in [0.15, 0.2) is 0 Å². The van der Waals surface area contributed by atoms with Crippen LogP contribution in [0.25, 0.3) is 0 Å². The van der Waals surface area contributed by atoms with Gasteiger partial charge >= 0.3 is 0 Å². The van der Waals surface area contributed by atoms with E-state index in [1.54, 1.807) is 36.4 Å². The van der Waals surface area contributed by atoms with Gasteiger partial charge in [0, 0.05) is 50.1 Å². The molecule has 7 nitrogen and oxygen atoms in total. The Balaban J connectivity index is 1.81. The summed E-state index contributed by atoms with van der Waals surface area (Å²) < 4.78 is 26.9. The maximum absolute atomic E-state index is 13.6. The van der Waals surface area contributed by atoms with Crippen molar-refractivity contribution in [2.24, 2.45) is 0 Å². The standard InChI is InChI=1S/C28H31Cl2N3O4S/c1-31-28(35)26(18-21-10-5-3-6-11-21)33(20-22-15-16-23(29)19-25(22)30)27(34)14-9-17-32(2)38(36,37)24-12-7-4-8-13-24/h3-8,10-13,15-16,19,26H,9,14,17-18,20H2,1-2H3,(H,31,35). The lowest BCUT2D eigenvalue weighted by Gasteiger charge is -2.31. The first kappa shape index (κ1) is 29.6. The van der Waals surface area contributed by atoms with Crippen LogP contribution in [0.15, 0.2) is 83.8 Å². The second-order valence-electron chi connectivity index (χ2n) is 8.82. The van der Waals surface area contributed by atoms with E-state index >= 15 is 0 Å². The minimum atomic E-state index is -3.68. The molecule has 0 spiro atoms. The highest BCUT2D eigenvalue weighted by atomic mass is 35.5. The second-order valence-corrected chi connectivity index (χ2v) is 11.7. The number of nitrogens with zero attached hydrogens (tertiary/aromatic N) is 2. The first-order chi connectivity index (χ1) is 18.1. The van der Waals surface area contributed by atoms with E-state index in [1.165, 1.54) is 35.4 Å². The first-order valence-electron chi connectivity index (χ1n) is 12.1. The molecule has 0 radical (unpaired) electrons. The van der Waals surface area contributed by atoms with Crippen molar-refractivity contribution in [3.05, 3.63) is 100 Å². The zero-order valence-electron chi connectivity index (χ0n) is 21.3. The van der Waals surface area contributed by atoms with Crippen LogP contribution in [0, 0.1) is 0 Å². The highest BCUT2D eigenvalue weighted by Gasteiger charge is 2.30. The average molecular weight is 577 g/mol. The number of rotatable bonds is 12. The molecule has 3 rings (SSSR count). The van der Waals surface area contributed by atoms with Gasteiger partial charge in [-0.2, -0.15) is 0 Å². The Hall–Kier alpha value is -2.91. The number of benzene rings is 3. The number of carbonyl (C=O) groups excluding carboxylic acids is 2. The smallest absolute Gasteiger partial charge is 0.242 e. The molecule has 0 saturated heterocycles. The lowest BCUT2D eigenvalue weighted by molar-refractivity contribution is -0.141. The largest absolute Gasteiger partial charge is 0.357 e. The van der Waals surface area contributed by atoms with Gasteiger partial charge in [-0.25, -0.2) is 12.7 Å². The summed E-state index contributed by atoms with van der Waals surface area (Å²) in [5.41, 5.74) is 1.55. The maximum Gasteiger partial charge on any atom is 0.242 e. The van der Waals surface area contributed by atoms with Crippen molar-refractivity contribution in [3.63, 3.8) is 0 Å². The van der Waals surface area contributed by atoms with Crippen molar-refractivity contribution < 1.29 is 18.0 Å². The molecule has 0 heterocycles. The van der Waals surface area contributed by atoms with Crippen LogP contribution in [0.5, 0.6) is 0 Å².